The highest BCUT2D eigenvalue weighted by Crippen LogP contribution is 2.43. The smallest absolute Gasteiger partial charge is 0.295 e. The molecule has 7 heteroatoms. The molecule has 3 aromatic rings. The van der Waals surface area contributed by atoms with Gasteiger partial charge in [0.2, 0.25) is 5.78 Å². The van der Waals surface area contributed by atoms with Crippen LogP contribution in [0.4, 0.5) is 5.69 Å². The maximum atomic E-state index is 13.3. The normalized spacial score (nSPS) is 17.9. The molecule has 5 rings (SSSR count). The third-order valence-corrected chi connectivity index (χ3v) is 5.83. The largest absolute Gasteiger partial charge is 0.503 e. The summed E-state index contributed by atoms with van der Waals surface area (Å²) in [4.78, 5) is 32.5. The molecule has 0 radical (unpaired) electrons. The zero-order chi connectivity index (χ0) is 21.7. The summed E-state index contributed by atoms with van der Waals surface area (Å²) >= 11 is 6.46. The lowest BCUT2D eigenvalue weighted by molar-refractivity contribution is -0.125. The molecule has 0 saturated carbocycles. The number of halogens is 1. The summed E-state index contributed by atoms with van der Waals surface area (Å²) in [5.74, 6) is -0.841. The van der Waals surface area contributed by atoms with Crippen LogP contribution in [0.3, 0.4) is 0 Å². The number of hydrogen-bond acceptors (Lipinski definition) is 5. The molecular weight excluding hydrogens is 416 g/mol. The number of amidine groups is 1. The van der Waals surface area contributed by atoms with Gasteiger partial charge >= 0.3 is 0 Å². The van der Waals surface area contributed by atoms with Crippen molar-refractivity contribution < 1.29 is 19.1 Å². The molecule has 0 aliphatic carbocycles. The van der Waals surface area contributed by atoms with E-state index in [1.165, 1.54) is 11.0 Å². The Morgan fingerprint density at radius 2 is 1.87 bits per heavy atom. The van der Waals surface area contributed by atoms with Crippen LogP contribution in [0.1, 0.15) is 33.5 Å². The number of fused-ring (bicyclic) bond motifs is 1. The third-order valence-electron chi connectivity index (χ3n) is 5.48. The fourth-order valence-corrected chi connectivity index (χ4v) is 4.28. The minimum atomic E-state index is -0.924. The number of carbonyl (C=O) groups excluding carboxylic acids is 2. The molecule has 0 fully saturated rings. The van der Waals surface area contributed by atoms with E-state index in [1.54, 1.807) is 37.3 Å². The molecule has 1 N–H and O–H groups in total. The highest BCUT2D eigenvalue weighted by atomic mass is 35.5. The van der Waals surface area contributed by atoms with Gasteiger partial charge in [-0.2, -0.15) is 0 Å². The summed E-state index contributed by atoms with van der Waals surface area (Å²) in [6, 6.07) is 16.8. The molecule has 6 nitrogen and oxygen atoms in total. The van der Waals surface area contributed by atoms with Crippen molar-refractivity contribution in [2.45, 2.75) is 19.4 Å². The van der Waals surface area contributed by atoms with Crippen molar-refractivity contribution in [1.82, 2.24) is 4.90 Å². The van der Waals surface area contributed by atoms with Crippen molar-refractivity contribution in [3.05, 3.63) is 99.7 Å². The predicted molar refractivity (Wildman–Crippen MR) is 116 cm³/mol. The number of rotatable bonds is 3. The number of amides is 1. The number of aliphatic imine (C=N–C) groups is 1. The van der Waals surface area contributed by atoms with Crippen LogP contribution >= 0.6 is 11.6 Å². The number of benzene rings is 2. The van der Waals surface area contributed by atoms with Gasteiger partial charge in [-0.15, -0.1) is 0 Å². The second-order valence-corrected chi connectivity index (χ2v) is 7.84. The lowest BCUT2D eigenvalue weighted by Crippen LogP contribution is -2.37. The average Bonchev–Trinajstić information content (AvgIpc) is 3.44. The van der Waals surface area contributed by atoms with E-state index in [2.05, 4.69) is 4.99 Å². The Morgan fingerprint density at radius 3 is 2.58 bits per heavy atom. The van der Waals surface area contributed by atoms with Gasteiger partial charge in [-0.05, 0) is 42.3 Å². The van der Waals surface area contributed by atoms with Gasteiger partial charge in [0, 0.05) is 11.4 Å². The summed E-state index contributed by atoms with van der Waals surface area (Å²) in [5, 5.41) is 11.2. The fraction of sp³-hybridized carbons (Fsp3) is 0.125. The molecule has 154 valence electrons. The Bertz CT molecular complexity index is 1300. The van der Waals surface area contributed by atoms with Gasteiger partial charge in [0.15, 0.2) is 11.5 Å². The van der Waals surface area contributed by atoms with Crippen molar-refractivity contribution in [1.29, 1.82) is 0 Å². The van der Waals surface area contributed by atoms with Crippen molar-refractivity contribution >= 4 is 34.8 Å². The van der Waals surface area contributed by atoms with Gasteiger partial charge < -0.3 is 9.52 Å². The highest BCUT2D eigenvalue weighted by molar-refractivity contribution is 6.32. The van der Waals surface area contributed by atoms with E-state index >= 15 is 0 Å². The first kappa shape index (κ1) is 19.3. The number of Topliss-reactive ketones (excluding diaryl/α,β-unsaturated/α-hetero) is 1. The summed E-state index contributed by atoms with van der Waals surface area (Å²) in [5.41, 5.74) is 2.16. The summed E-state index contributed by atoms with van der Waals surface area (Å²) in [6.07, 6.45) is 0.400. The number of ketones is 1. The molecule has 0 bridgehead atoms. The molecule has 2 aliphatic rings. The van der Waals surface area contributed by atoms with Crippen LogP contribution in [0.2, 0.25) is 5.02 Å². The number of aliphatic hydroxyl groups excluding tert-OH is 1. The molecule has 1 amide bonds. The lowest BCUT2D eigenvalue weighted by atomic mass is 9.94. The van der Waals surface area contributed by atoms with E-state index in [9.17, 15) is 14.7 Å². The Hall–Kier alpha value is -3.64. The van der Waals surface area contributed by atoms with Crippen molar-refractivity contribution in [3.63, 3.8) is 0 Å². The topological polar surface area (TPSA) is 83.1 Å². The SMILES string of the molecule is Cc1ccc(C(=O)C2=C(O)C(=O)N(C3=Nc4ccccc4C3)C2c2ccccc2Cl)o1. The summed E-state index contributed by atoms with van der Waals surface area (Å²) in [7, 11) is 0. The molecule has 3 heterocycles. The van der Waals surface area contributed by atoms with Crippen molar-refractivity contribution in [2.24, 2.45) is 4.99 Å². The van der Waals surface area contributed by atoms with Crippen LogP contribution < -0.4 is 0 Å². The third kappa shape index (κ3) is 3.07. The zero-order valence-electron chi connectivity index (χ0n) is 16.5. The molecule has 0 spiro atoms. The van der Waals surface area contributed by atoms with Crippen LogP contribution in [-0.4, -0.2) is 27.5 Å². The zero-order valence-corrected chi connectivity index (χ0v) is 17.3. The van der Waals surface area contributed by atoms with Gasteiger partial charge in [0.25, 0.3) is 5.91 Å². The quantitative estimate of drug-likeness (QED) is 0.583. The molecule has 1 atom stereocenters. The van der Waals surface area contributed by atoms with Crippen LogP contribution in [0, 0.1) is 6.92 Å². The molecule has 1 aromatic heterocycles. The van der Waals surface area contributed by atoms with Gasteiger partial charge in [0.1, 0.15) is 11.6 Å². The van der Waals surface area contributed by atoms with Gasteiger partial charge in [-0.3, -0.25) is 14.5 Å². The van der Waals surface area contributed by atoms with E-state index in [4.69, 9.17) is 16.0 Å². The number of carbonyl (C=O) groups is 2. The Labute approximate surface area is 183 Å². The van der Waals surface area contributed by atoms with Crippen LogP contribution in [0.15, 0.2) is 81.4 Å². The highest BCUT2D eigenvalue weighted by Gasteiger charge is 2.47. The number of nitrogens with zero attached hydrogens (tertiary/aromatic N) is 2. The van der Waals surface area contributed by atoms with E-state index in [0.29, 0.717) is 28.6 Å². The number of para-hydroxylation sites is 1. The Balaban J connectivity index is 1.65. The van der Waals surface area contributed by atoms with Crippen LogP contribution in [0.5, 0.6) is 0 Å². The number of aryl methyl sites for hydroxylation is 1. The first-order chi connectivity index (χ1) is 15.0. The van der Waals surface area contributed by atoms with Gasteiger partial charge in [0.05, 0.1) is 17.3 Å². The van der Waals surface area contributed by atoms with E-state index in [1.807, 2.05) is 24.3 Å². The maximum absolute atomic E-state index is 13.3. The molecule has 31 heavy (non-hydrogen) atoms. The standard InChI is InChI=1S/C24H17ClN2O4/c1-13-10-11-18(31-13)22(28)20-21(15-7-3-4-8-16(15)25)27(24(30)23(20)29)19-12-14-6-2-5-9-17(14)26-19/h2-11,21,29H,12H2,1H3. The predicted octanol–water partition coefficient (Wildman–Crippen LogP) is 5.11. The maximum Gasteiger partial charge on any atom is 0.295 e. The second kappa shape index (κ2) is 7.25. The Kier molecular flexibility index (Phi) is 4.52. The monoisotopic (exact) mass is 432 g/mol. The average molecular weight is 433 g/mol. The van der Waals surface area contributed by atoms with E-state index < -0.39 is 23.5 Å². The first-order valence-corrected chi connectivity index (χ1v) is 10.1. The van der Waals surface area contributed by atoms with Crippen LogP contribution in [0.25, 0.3) is 0 Å². The number of furan rings is 1. The van der Waals surface area contributed by atoms with Crippen LogP contribution in [-0.2, 0) is 11.2 Å². The summed E-state index contributed by atoms with van der Waals surface area (Å²) < 4.78 is 5.48. The number of hydrogen-bond donors (Lipinski definition) is 1. The Morgan fingerprint density at radius 1 is 1.13 bits per heavy atom. The molecule has 0 saturated heterocycles. The fourth-order valence-electron chi connectivity index (χ4n) is 4.04. The number of aliphatic hydroxyl groups is 1. The van der Waals surface area contributed by atoms with Crippen molar-refractivity contribution in [3.8, 4) is 0 Å². The van der Waals surface area contributed by atoms with Crippen molar-refractivity contribution in [2.75, 3.05) is 0 Å². The van der Waals surface area contributed by atoms with Gasteiger partial charge in [-0.25, -0.2) is 4.99 Å². The first-order valence-electron chi connectivity index (χ1n) is 9.73. The molecule has 1 unspecified atom stereocenters. The molecule has 2 aliphatic heterocycles. The molecule has 2 aromatic carbocycles. The lowest BCUT2D eigenvalue weighted by Gasteiger charge is -2.27. The van der Waals surface area contributed by atoms with E-state index in [0.717, 1.165) is 11.3 Å². The molecular formula is C24H17ClN2O4. The summed E-state index contributed by atoms with van der Waals surface area (Å²) in [6.45, 7) is 1.72. The van der Waals surface area contributed by atoms with E-state index in [-0.39, 0.29) is 11.3 Å². The minimum Gasteiger partial charge on any atom is -0.503 e. The van der Waals surface area contributed by atoms with Gasteiger partial charge in [-0.1, -0.05) is 48.0 Å². The minimum absolute atomic E-state index is 0.0439. The second-order valence-electron chi connectivity index (χ2n) is 7.43.